The zero-order valence-electron chi connectivity index (χ0n) is 14.0. The van der Waals surface area contributed by atoms with Crippen molar-refractivity contribution in [2.24, 2.45) is 5.92 Å². The first kappa shape index (κ1) is 15.7. The van der Waals surface area contributed by atoms with Gasteiger partial charge in [-0.3, -0.25) is 4.79 Å². The summed E-state index contributed by atoms with van der Waals surface area (Å²) >= 11 is 0. The predicted molar refractivity (Wildman–Crippen MR) is 91.9 cm³/mol. The fourth-order valence-corrected chi connectivity index (χ4v) is 4.49. The predicted octanol–water partition coefficient (Wildman–Crippen LogP) is 2.05. The Labute approximate surface area is 141 Å². The van der Waals surface area contributed by atoms with Crippen molar-refractivity contribution < 1.29 is 14.6 Å². The Kier molecular flexibility index (Phi) is 4.06. The van der Waals surface area contributed by atoms with Crippen LogP contribution in [0.1, 0.15) is 30.0 Å². The highest BCUT2D eigenvalue weighted by atomic mass is 16.5. The molecule has 0 aliphatic carbocycles. The van der Waals surface area contributed by atoms with Crippen LogP contribution >= 0.6 is 0 Å². The molecule has 2 bridgehead atoms. The van der Waals surface area contributed by atoms with E-state index in [1.54, 1.807) is 0 Å². The fraction of sp³-hybridized carbons (Fsp3) is 0.526. The molecule has 1 aromatic heterocycles. The molecule has 4 rings (SSSR count). The number of aromatic amines is 1. The van der Waals surface area contributed by atoms with Crippen LogP contribution in [-0.2, 0) is 16.0 Å². The molecule has 0 amide bonds. The van der Waals surface area contributed by atoms with Gasteiger partial charge in [0.05, 0.1) is 19.1 Å². The monoisotopic (exact) mass is 328 g/mol. The van der Waals surface area contributed by atoms with E-state index in [0.717, 1.165) is 50.1 Å². The molecule has 1 saturated heterocycles. The molecule has 0 radical (unpaired) electrons. The number of hydrogen-bond donors (Lipinski definition) is 2. The average Bonchev–Trinajstić information content (AvgIpc) is 2.96. The molecule has 2 N–H and O–H groups in total. The lowest BCUT2D eigenvalue weighted by Crippen LogP contribution is -2.44. The van der Waals surface area contributed by atoms with Gasteiger partial charge in [-0.1, -0.05) is 18.2 Å². The fourth-order valence-electron chi connectivity index (χ4n) is 4.49. The number of carbonyl (C=O) groups excluding carboxylic acids is 1. The number of hydrogen-bond acceptors (Lipinski definition) is 4. The quantitative estimate of drug-likeness (QED) is 0.787. The van der Waals surface area contributed by atoms with E-state index in [4.69, 9.17) is 4.74 Å². The van der Waals surface area contributed by atoms with Gasteiger partial charge in [-0.25, -0.2) is 0 Å². The first-order chi connectivity index (χ1) is 11.7. The molecular weight excluding hydrogens is 304 g/mol. The van der Waals surface area contributed by atoms with Crippen molar-refractivity contribution in [3.63, 3.8) is 0 Å². The number of piperidine rings is 1. The minimum Gasteiger partial charge on any atom is -0.469 e. The van der Waals surface area contributed by atoms with Crippen LogP contribution in [-0.4, -0.2) is 53.8 Å². The maximum absolute atomic E-state index is 12.5. The summed E-state index contributed by atoms with van der Waals surface area (Å²) in [5.74, 6) is -0.154. The molecule has 3 heterocycles. The number of aromatic nitrogens is 1. The number of esters is 1. The van der Waals surface area contributed by atoms with E-state index >= 15 is 0 Å². The van der Waals surface area contributed by atoms with E-state index in [2.05, 4.69) is 22.0 Å². The molecule has 5 nitrogen and oxygen atoms in total. The minimum atomic E-state index is -0.296. The van der Waals surface area contributed by atoms with Gasteiger partial charge in [0.1, 0.15) is 0 Å². The number of nitrogens with one attached hydrogen (secondary N) is 1. The van der Waals surface area contributed by atoms with Gasteiger partial charge in [0.15, 0.2) is 0 Å². The number of aliphatic hydroxyl groups excluding tert-OH is 1. The first-order valence-electron chi connectivity index (χ1n) is 8.73. The maximum Gasteiger partial charge on any atom is 0.314 e. The molecule has 2 aromatic rings. The van der Waals surface area contributed by atoms with Crippen molar-refractivity contribution in [2.45, 2.75) is 31.3 Å². The third-order valence-electron chi connectivity index (χ3n) is 5.52. The Morgan fingerprint density at radius 2 is 2.12 bits per heavy atom. The summed E-state index contributed by atoms with van der Waals surface area (Å²) in [6.45, 7) is 2.60. The topological polar surface area (TPSA) is 65.6 Å². The number of H-pyrrole nitrogens is 1. The zero-order chi connectivity index (χ0) is 16.7. The van der Waals surface area contributed by atoms with Crippen molar-refractivity contribution >= 4 is 16.9 Å². The molecule has 2 aliphatic heterocycles. The lowest BCUT2D eigenvalue weighted by molar-refractivity contribution is -0.143. The van der Waals surface area contributed by atoms with Crippen LogP contribution in [0.2, 0.25) is 0 Å². The van der Waals surface area contributed by atoms with E-state index in [0.29, 0.717) is 5.92 Å². The molecule has 5 heteroatoms. The Balaban J connectivity index is 1.81. The smallest absolute Gasteiger partial charge is 0.314 e. The lowest BCUT2D eigenvalue weighted by Gasteiger charge is -2.35. The van der Waals surface area contributed by atoms with Crippen LogP contribution in [0.5, 0.6) is 0 Å². The van der Waals surface area contributed by atoms with Gasteiger partial charge in [0.2, 0.25) is 0 Å². The van der Waals surface area contributed by atoms with Gasteiger partial charge in [-0.05, 0) is 36.8 Å². The van der Waals surface area contributed by atoms with Crippen LogP contribution in [0.15, 0.2) is 24.3 Å². The van der Waals surface area contributed by atoms with Gasteiger partial charge >= 0.3 is 5.97 Å². The summed E-state index contributed by atoms with van der Waals surface area (Å²) in [4.78, 5) is 18.3. The van der Waals surface area contributed by atoms with Crippen molar-refractivity contribution in [1.82, 2.24) is 9.88 Å². The molecule has 2 unspecified atom stereocenters. The third kappa shape index (κ3) is 2.72. The van der Waals surface area contributed by atoms with Crippen molar-refractivity contribution in [3.05, 3.63) is 35.5 Å². The largest absolute Gasteiger partial charge is 0.469 e. The number of carbonyl (C=O) groups is 1. The van der Waals surface area contributed by atoms with Gasteiger partial charge in [0, 0.05) is 36.2 Å². The second kappa shape index (κ2) is 6.22. The highest BCUT2D eigenvalue weighted by Crippen LogP contribution is 2.36. The SMILES string of the molecule is COC(=O)[C@@H]1CC2C[C@H](O)CN(CCc3c1[nH]c1ccccc31)C2. The summed E-state index contributed by atoms with van der Waals surface area (Å²) in [6, 6.07) is 8.24. The maximum atomic E-state index is 12.5. The molecule has 24 heavy (non-hydrogen) atoms. The second-order valence-electron chi connectivity index (χ2n) is 7.14. The number of benzene rings is 1. The van der Waals surface area contributed by atoms with E-state index in [1.165, 1.54) is 18.1 Å². The highest BCUT2D eigenvalue weighted by molar-refractivity contribution is 5.88. The number of para-hydroxylation sites is 1. The molecule has 1 aromatic carbocycles. The normalized spacial score (nSPS) is 30.1. The van der Waals surface area contributed by atoms with E-state index in [-0.39, 0.29) is 18.0 Å². The van der Waals surface area contributed by atoms with Gasteiger partial charge in [-0.15, -0.1) is 0 Å². The molecule has 0 spiro atoms. The molecule has 4 atom stereocenters. The molecule has 1 fully saturated rings. The Hall–Kier alpha value is -1.85. The number of rotatable bonds is 1. The number of fused-ring (bicyclic) bond motifs is 5. The number of ether oxygens (including phenoxy) is 1. The van der Waals surface area contributed by atoms with Crippen LogP contribution in [0.25, 0.3) is 10.9 Å². The second-order valence-corrected chi connectivity index (χ2v) is 7.14. The Morgan fingerprint density at radius 1 is 1.29 bits per heavy atom. The van der Waals surface area contributed by atoms with E-state index in [1.807, 2.05) is 12.1 Å². The summed E-state index contributed by atoms with van der Waals surface area (Å²) in [7, 11) is 1.46. The Morgan fingerprint density at radius 3 is 2.96 bits per heavy atom. The van der Waals surface area contributed by atoms with E-state index < -0.39 is 0 Å². The standard InChI is InChI=1S/C19H24N2O3/c1-24-19(23)16-9-12-8-13(22)11-21(10-12)7-6-15-14-4-2-3-5-17(14)20-18(15)16/h2-5,12-13,16,20,22H,6-11H2,1H3/t12?,13-,16+/m0/s1. The number of nitrogens with zero attached hydrogens (tertiary/aromatic N) is 1. The van der Waals surface area contributed by atoms with Crippen LogP contribution in [0.3, 0.4) is 0 Å². The third-order valence-corrected chi connectivity index (χ3v) is 5.52. The zero-order valence-corrected chi connectivity index (χ0v) is 14.0. The van der Waals surface area contributed by atoms with Gasteiger partial charge in [-0.2, -0.15) is 0 Å². The molecule has 128 valence electrons. The van der Waals surface area contributed by atoms with E-state index in [9.17, 15) is 9.90 Å². The molecule has 0 saturated carbocycles. The number of aliphatic hydroxyl groups is 1. The first-order valence-corrected chi connectivity index (χ1v) is 8.73. The Bertz CT molecular complexity index is 754. The summed E-state index contributed by atoms with van der Waals surface area (Å²) in [5.41, 5.74) is 3.31. The molecule has 2 aliphatic rings. The highest BCUT2D eigenvalue weighted by Gasteiger charge is 2.35. The summed E-state index contributed by atoms with van der Waals surface area (Å²) < 4.78 is 5.11. The van der Waals surface area contributed by atoms with Gasteiger partial charge in [0.25, 0.3) is 0 Å². The van der Waals surface area contributed by atoms with Crippen LogP contribution in [0, 0.1) is 5.92 Å². The van der Waals surface area contributed by atoms with Crippen molar-refractivity contribution in [2.75, 3.05) is 26.7 Å². The van der Waals surface area contributed by atoms with Crippen molar-refractivity contribution in [1.29, 1.82) is 0 Å². The minimum absolute atomic E-state index is 0.184. The number of methoxy groups -OCH3 is 1. The van der Waals surface area contributed by atoms with Gasteiger partial charge < -0.3 is 19.7 Å². The van der Waals surface area contributed by atoms with Crippen LogP contribution in [0.4, 0.5) is 0 Å². The van der Waals surface area contributed by atoms with Crippen molar-refractivity contribution in [3.8, 4) is 0 Å². The average molecular weight is 328 g/mol. The molecular formula is C19H24N2O3. The summed E-state index contributed by atoms with van der Waals surface area (Å²) in [5, 5.41) is 11.4. The summed E-state index contributed by atoms with van der Waals surface area (Å²) in [6.07, 6.45) is 2.07. The lowest BCUT2D eigenvalue weighted by atomic mass is 9.85. The van der Waals surface area contributed by atoms with Crippen LogP contribution < -0.4 is 0 Å².